The van der Waals surface area contributed by atoms with E-state index in [1.807, 2.05) is 36.4 Å². The highest BCUT2D eigenvalue weighted by Gasteiger charge is 2.12. The van der Waals surface area contributed by atoms with Crippen LogP contribution < -0.4 is 10.3 Å². The maximum absolute atomic E-state index is 12.8. The maximum Gasteiger partial charge on any atom is 0.262 e. The summed E-state index contributed by atoms with van der Waals surface area (Å²) in [6, 6.07) is 13.3. The van der Waals surface area contributed by atoms with Gasteiger partial charge in [0.15, 0.2) is 5.16 Å². The van der Waals surface area contributed by atoms with Gasteiger partial charge in [0.1, 0.15) is 5.75 Å². The number of hydrogen-bond acceptors (Lipinski definition) is 4. The fraction of sp³-hybridized carbons (Fsp3) is 0.158. The molecule has 0 fully saturated rings. The van der Waals surface area contributed by atoms with Crippen molar-refractivity contribution in [1.29, 1.82) is 0 Å². The van der Waals surface area contributed by atoms with Gasteiger partial charge in [0.05, 0.1) is 18.0 Å². The molecule has 25 heavy (non-hydrogen) atoms. The van der Waals surface area contributed by atoms with Crippen molar-refractivity contribution >= 4 is 38.6 Å². The zero-order valence-electron chi connectivity index (χ0n) is 13.7. The van der Waals surface area contributed by atoms with Crippen molar-refractivity contribution in [3.05, 3.63) is 75.5 Å². The molecule has 0 aliphatic carbocycles. The molecule has 2 aromatic carbocycles. The molecule has 3 aromatic rings. The van der Waals surface area contributed by atoms with Crippen LogP contribution in [0.15, 0.2) is 69.5 Å². The predicted octanol–water partition coefficient (Wildman–Crippen LogP) is 4.65. The van der Waals surface area contributed by atoms with Crippen LogP contribution in [0.5, 0.6) is 5.75 Å². The lowest BCUT2D eigenvalue weighted by Crippen LogP contribution is -2.22. The molecule has 128 valence electrons. The van der Waals surface area contributed by atoms with Gasteiger partial charge in [0.2, 0.25) is 0 Å². The highest BCUT2D eigenvalue weighted by molar-refractivity contribution is 9.10. The first-order valence-electron chi connectivity index (χ1n) is 7.69. The molecule has 6 heteroatoms. The molecule has 0 aliphatic heterocycles. The van der Waals surface area contributed by atoms with Crippen molar-refractivity contribution in [2.75, 3.05) is 7.11 Å². The monoisotopic (exact) mass is 416 g/mol. The van der Waals surface area contributed by atoms with Gasteiger partial charge in [0.25, 0.3) is 5.56 Å². The van der Waals surface area contributed by atoms with Crippen LogP contribution in [0.2, 0.25) is 0 Å². The van der Waals surface area contributed by atoms with E-state index >= 15 is 0 Å². The summed E-state index contributed by atoms with van der Waals surface area (Å²) in [7, 11) is 1.65. The van der Waals surface area contributed by atoms with Gasteiger partial charge >= 0.3 is 0 Å². The minimum atomic E-state index is -0.0470. The lowest BCUT2D eigenvalue weighted by Gasteiger charge is -2.13. The number of halogens is 1. The number of aromatic nitrogens is 2. The Labute approximate surface area is 158 Å². The Morgan fingerprint density at radius 1 is 1.32 bits per heavy atom. The van der Waals surface area contributed by atoms with Gasteiger partial charge in [-0.1, -0.05) is 45.9 Å². The van der Waals surface area contributed by atoms with Crippen LogP contribution in [0.1, 0.15) is 5.56 Å². The molecule has 4 nitrogen and oxygen atoms in total. The second-order valence-corrected chi connectivity index (χ2v) is 7.22. The number of allylic oxidation sites excluding steroid dienone is 1. The first kappa shape index (κ1) is 17.8. The Bertz CT molecular complexity index is 985. The van der Waals surface area contributed by atoms with Crippen molar-refractivity contribution < 1.29 is 4.74 Å². The summed E-state index contributed by atoms with van der Waals surface area (Å²) in [4.78, 5) is 17.4. The van der Waals surface area contributed by atoms with Crippen molar-refractivity contribution in [2.24, 2.45) is 0 Å². The molecule has 0 unspecified atom stereocenters. The summed E-state index contributed by atoms with van der Waals surface area (Å²) in [6.07, 6.45) is 1.71. The minimum absolute atomic E-state index is 0.0470. The average Bonchev–Trinajstić information content (AvgIpc) is 2.63. The van der Waals surface area contributed by atoms with E-state index in [0.717, 1.165) is 15.8 Å². The topological polar surface area (TPSA) is 44.1 Å². The molecule has 0 N–H and O–H groups in total. The Hall–Kier alpha value is -2.05. The zero-order chi connectivity index (χ0) is 17.8. The number of benzene rings is 2. The highest BCUT2D eigenvalue weighted by Crippen LogP contribution is 2.29. The fourth-order valence-electron chi connectivity index (χ4n) is 2.55. The highest BCUT2D eigenvalue weighted by atomic mass is 79.9. The van der Waals surface area contributed by atoms with Gasteiger partial charge in [-0.05, 0) is 30.3 Å². The summed E-state index contributed by atoms with van der Waals surface area (Å²) in [5.74, 6) is 1.46. The summed E-state index contributed by atoms with van der Waals surface area (Å²) in [5.41, 5.74) is 1.69. The van der Waals surface area contributed by atoms with E-state index in [2.05, 4.69) is 27.5 Å². The molecule has 0 atom stereocenters. The number of ether oxygens (including phenoxy) is 1. The van der Waals surface area contributed by atoms with Crippen molar-refractivity contribution in [2.45, 2.75) is 17.5 Å². The number of fused-ring (bicyclic) bond motifs is 1. The van der Waals surface area contributed by atoms with E-state index in [1.54, 1.807) is 23.8 Å². The van der Waals surface area contributed by atoms with Crippen LogP contribution >= 0.6 is 27.7 Å². The van der Waals surface area contributed by atoms with E-state index in [9.17, 15) is 4.79 Å². The second kappa shape index (κ2) is 7.89. The largest absolute Gasteiger partial charge is 0.496 e. The molecule has 0 saturated heterocycles. The van der Waals surface area contributed by atoms with Crippen molar-refractivity contribution in [3.63, 3.8) is 0 Å². The predicted molar refractivity (Wildman–Crippen MR) is 106 cm³/mol. The lowest BCUT2D eigenvalue weighted by atomic mass is 10.2. The number of thioether (sulfide) groups is 1. The van der Waals surface area contributed by atoms with Crippen molar-refractivity contribution in [1.82, 2.24) is 9.55 Å². The number of nitrogens with zero attached hydrogens (tertiary/aromatic N) is 2. The minimum Gasteiger partial charge on any atom is -0.496 e. The summed E-state index contributed by atoms with van der Waals surface area (Å²) in [5, 5.41) is 1.29. The molecule has 1 aromatic heterocycles. The molecule has 0 amide bonds. The fourth-order valence-corrected chi connectivity index (χ4v) is 3.95. The van der Waals surface area contributed by atoms with Gasteiger partial charge < -0.3 is 4.74 Å². The lowest BCUT2D eigenvalue weighted by molar-refractivity contribution is 0.411. The first-order chi connectivity index (χ1) is 12.1. The van der Waals surface area contributed by atoms with E-state index < -0.39 is 0 Å². The van der Waals surface area contributed by atoms with Gasteiger partial charge in [0, 0.05) is 22.3 Å². The summed E-state index contributed by atoms with van der Waals surface area (Å²) >= 11 is 5.00. The molecular formula is C19H17BrN2O2S. The third kappa shape index (κ3) is 3.80. The maximum atomic E-state index is 12.8. The van der Waals surface area contributed by atoms with Gasteiger partial charge in [-0.2, -0.15) is 0 Å². The number of para-hydroxylation sites is 1. The van der Waals surface area contributed by atoms with Crippen LogP contribution in [0.3, 0.4) is 0 Å². The Kier molecular flexibility index (Phi) is 5.60. The average molecular weight is 417 g/mol. The summed E-state index contributed by atoms with van der Waals surface area (Å²) < 4.78 is 8.06. The van der Waals surface area contributed by atoms with Crippen molar-refractivity contribution in [3.8, 4) is 5.75 Å². The molecule has 0 radical (unpaired) electrons. The standard InChI is InChI=1S/C19H17BrN2O2S/c1-3-10-22-18(23)15-6-4-5-7-16(15)21-19(22)25-12-13-11-14(20)8-9-17(13)24-2/h3-9,11H,1,10,12H2,2H3. The third-order valence-corrected chi connectivity index (χ3v) is 5.26. The number of rotatable bonds is 6. The van der Waals surface area contributed by atoms with Crippen LogP contribution in [-0.4, -0.2) is 16.7 Å². The Balaban J connectivity index is 2.01. The van der Waals surface area contributed by atoms with Gasteiger partial charge in [-0.25, -0.2) is 4.98 Å². The van der Waals surface area contributed by atoms with Crippen LogP contribution in [0, 0.1) is 0 Å². The van der Waals surface area contributed by atoms with Crippen LogP contribution in [0.4, 0.5) is 0 Å². The van der Waals surface area contributed by atoms with E-state index in [0.29, 0.717) is 28.4 Å². The molecule has 3 rings (SSSR count). The normalized spacial score (nSPS) is 10.8. The van der Waals surface area contributed by atoms with E-state index in [1.165, 1.54) is 11.8 Å². The smallest absolute Gasteiger partial charge is 0.262 e. The van der Waals surface area contributed by atoms with E-state index in [-0.39, 0.29) is 5.56 Å². The van der Waals surface area contributed by atoms with Crippen LogP contribution in [-0.2, 0) is 12.3 Å². The molecule has 0 bridgehead atoms. The molecule has 0 saturated carbocycles. The molecule has 1 heterocycles. The number of hydrogen-bond donors (Lipinski definition) is 0. The quantitative estimate of drug-likeness (QED) is 0.333. The molecule has 0 spiro atoms. The van der Waals surface area contributed by atoms with Crippen LogP contribution in [0.25, 0.3) is 10.9 Å². The Morgan fingerprint density at radius 3 is 2.88 bits per heavy atom. The van der Waals surface area contributed by atoms with Gasteiger partial charge in [-0.3, -0.25) is 9.36 Å². The SMILES string of the molecule is C=CCn1c(SCc2cc(Br)ccc2OC)nc2ccccc2c1=O. The van der Waals surface area contributed by atoms with Gasteiger partial charge in [-0.15, -0.1) is 6.58 Å². The Morgan fingerprint density at radius 2 is 2.12 bits per heavy atom. The third-order valence-electron chi connectivity index (χ3n) is 3.74. The molecular weight excluding hydrogens is 400 g/mol. The zero-order valence-corrected chi connectivity index (χ0v) is 16.1. The summed E-state index contributed by atoms with van der Waals surface area (Å²) in [6.45, 7) is 4.18. The van der Waals surface area contributed by atoms with E-state index in [4.69, 9.17) is 4.74 Å². The second-order valence-electron chi connectivity index (χ2n) is 5.36. The number of methoxy groups -OCH3 is 1. The molecule has 0 aliphatic rings. The first-order valence-corrected chi connectivity index (χ1v) is 9.47.